The van der Waals surface area contributed by atoms with Crippen molar-refractivity contribution in [3.8, 4) is 0 Å². The first-order valence-corrected chi connectivity index (χ1v) is 8.89. The average molecular weight is 337 g/mol. The van der Waals surface area contributed by atoms with Crippen LogP contribution in [0.2, 0.25) is 0 Å². The normalized spacial score (nSPS) is 13.2. The number of rotatable bonds is 3. The molecule has 1 aliphatic rings. The molecule has 122 valence electrons. The molecule has 5 heteroatoms. The van der Waals surface area contributed by atoms with Crippen molar-refractivity contribution in [2.75, 3.05) is 0 Å². The number of hydrogen-bond donors (Lipinski definition) is 2. The van der Waals surface area contributed by atoms with Gasteiger partial charge in [-0.25, -0.2) is 4.98 Å². The molecule has 0 saturated heterocycles. The molecule has 0 unspecified atom stereocenters. The van der Waals surface area contributed by atoms with E-state index in [0.29, 0.717) is 11.4 Å². The van der Waals surface area contributed by atoms with E-state index < -0.39 is 0 Å². The van der Waals surface area contributed by atoms with Gasteiger partial charge in [0.15, 0.2) is 0 Å². The SMILES string of the molecule is Cc1cc(C)c2cc(C(=O)NCc3ccc4c(c3)CNC4)sc2n1. The van der Waals surface area contributed by atoms with Gasteiger partial charge in [0, 0.05) is 30.7 Å². The van der Waals surface area contributed by atoms with E-state index in [0.717, 1.165) is 34.6 Å². The first-order chi connectivity index (χ1) is 11.6. The van der Waals surface area contributed by atoms with Gasteiger partial charge >= 0.3 is 0 Å². The molecule has 0 atom stereocenters. The van der Waals surface area contributed by atoms with Crippen LogP contribution in [0, 0.1) is 13.8 Å². The van der Waals surface area contributed by atoms with Crippen LogP contribution < -0.4 is 10.6 Å². The molecule has 0 spiro atoms. The highest BCUT2D eigenvalue weighted by Gasteiger charge is 2.14. The molecule has 4 rings (SSSR count). The zero-order chi connectivity index (χ0) is 16.7. The minimum atomic E-state index is -0.0336. The van der Waals surface area contributed by atoms with E-state index in [1.54, 1.807) is 0 Å². The fourth-order valence-corrected chi connectivity index (χ4v) is 4.24. The molecule has 3 aromatic rings. The Morgan fingerprint density at radius 2 is 2.04 bits per heavy atom. The lowest BCUT2D eigenvalue weighted by molar-refractivity contribution is 0.0955. The molecule has 0 radical (unpaired) electrons. The van der Waals surface area contributed by atoms with Crippen molar-refractivity contribution in [1.82, 2.24) is 15.6 Å². The van der Waals surface area contributed by atoms with E-state index in [4.69, 9.17) is 0 Å². The minimum absolute atomic E-state index is 0.0336. The molecule has 1 aliphatic heterocycles. The number of benzene rings is 1. The maximum Gasteiger partial charge on any atom is 0.261 e. The summed E-state index contributed by atoms with van der Waals surface area (Å²) >= 11 is 1.46. The lowest BCUT2D eigenvalue weighted by atomic mass is 10.1. The summed E-state index contributed by atoms with van der Waals surface area (Å²) in [6.45, 7) is 6.44. The van der Waals surface area contributed by atoms with Crippen molar-refractivity contribution in [1.29, 1.82) is 0 Å². The lowest BCUT2D eigenvalue weighted by Gasteiger charge is -2.06. The molecular weight excluding hydrogens is 318 g/mol. The van der Waals surface area contributed by atoms with Crippen LogP contribution in [0.5, 0.6) is 0 Å². The van der Waals surface area contributed by atoms with Gasteiger partial charge in [-0.1, -0.05) is 18.2 Å². The van der Waals surface area contributed by atoms with Crippen molar-refractivity contribution in [3.63, 3.8) is 0 Å². The Labute approximate surface area is 144 Å². The van der Waals surface area contributed by atoms with Gasteiger partial charge in [0.1, 0.15) is 4.83 Å². The van der Waals surface area contributed by atoms with E-state index in [-0.39, 0.29) is 5.91 Å². The Morgan fingerprint density at radius 3 is 2.92 bits per heavy atom. The van der Waals surface area contributed by atoms with Crippen LogP contribution >= 0.6 is 11.3 Å². The molecule has 1 amide bonds. The van der Waals surface area contributed by atoms with Crippen molar-refractivity contribution in [2.45, 2.75) is 33.5 Å². The number of nitrogens with zero attached hydrogens (tertiary/aromatic N) is 1. The van der Waals surface area contributed by atoms with E-state index in [9.17, 15) is 4.79 Å². The van der Waals surface area contributed by atoms with Gasteiger partial charge in [-0.2, -0.15) is 0 Å². The van der Waals surface area contributed by atoms with Crippen LogP contribution in [0.4, 0.5) is 0 Å². The van der Waals surface area contributed by atoms with Gasteiger partial charge in [-0.15, -0.1) is 11.3 Å². The number of aromatic nitrogens is 1. The summed E-state index contributed by atoms with van der Waals surface area (Å²) in [6, 6.07) is 10.4. The summed E-state index contributed by atoms with van der Waals surface area (Å²) in [5.41, 5.74) is 5.97. The Bertz CT molecular complexity index is 945. The van der Waals surface area contributed by atoms with Gasteiger partial charge in [-0.3, -0.25) is 4.79 Å². The minimum Gasteiger partial charge on any atom is -0.347 e. The molecule has 4 nitrogen and oxygen atoms in total. The smallest absolute Gasteiger partial charge is 0.261 e. The molecule has 0 fully saturated rings. The third kappa shape index (κ3) is 2.81. The third-order valence-electron chi connectivity index (χ3n) is 4.42. The second kappa shape index (κ2) is 6.00. The third-order valence-corrected chi connectivity index (χ3v) is 5.45. The average Bonchev–Trinajstić information content (AvgIpc) is 3.18. The van der Waals surface area contributed by atoms with Gasteiger partial charge in [0.2, 0.25) is 0 Å². The summed E-state index contributed by atoms with van der Waals surface area (Å²) in [7, 11) is 0. The Kier molecular flexibility index (Phi) is 3.82. The molecule has 24 heavy (non-hydrogen) atoms. The molecule has 3 heterocycles. The monoisotopic (exact) mass is 337 g/mol. The quantitative estimate of drug-likeness (QED) is 0.770. The number of carbonyl (C=O) groups excluding carboxylic acids is 1. The number of thiophene rings is 1. The summed E-state index contributed by atoms with van der Waals surface area (Å²) < 4.78 is 0. The zero-order valence-electron chi connectivity index (χ0n) is 13.8. The fraction of sp³-hybridized carbons (Fsp3) is 0.263. The summed E-state index contributed by atoms with van der Waals surface area (Å²) in [5, 5.41) is 7.43. The molecule has 1 aromatic carbocycles. The molecule has 0 aliphatic carbocycles. The van der Waals surface area contributed by atoms with Crippen LogP contribution in [0.1, 0.15) is 37.6 Å². The molecule has 0 saturated carbocycles. The summed E-state index contributed by atoms with van der Waals surface area (Å²) in [4.78, 5) is 18.7. The number of pyridine rings is 1. The number of nitrogens with one attached hydrogen (secondary N) is 2. The number of carbonyl (C=O) groups is 1. The highest BCUT2D eigenvalue weighted by molar-refractivity contribution is 7.20. The molecule has 2 aromatic heterocycles. The first-order valence-electron chi connectivity index (χ1n) is 8.07. The van der Waals surface area contributed by atoms with Crippen molar-refractivity contribution in [3.05, 3.63) is 63.2 Å². The second-order valence-electron chi connectivity index (χ2n) is 6.30. The van der Waals surface area contributed by atoms with Crippen molar-refractivity contribution >= 4 is 27.5 Å². The Balaban J connectivity index is 1.51. The number of fused-ring (bicyclic) bond motifs is 2. The van der Waals surface area contributed by atoms with Crippen molar-refractivity contribution < 1.29 is 4.79 Å². The van der Waals surface area contributed by atoms with Crippen molar-refractivity contribution in [2.24, 2.45) is 0 Å². The summed E-state index contributed by atoms with van der Waals surface area (Å²) in [6.07, 6.45) is 0. The number of amides is 1. The molecule has 2 N–H and O–H groups in total. The standard InChI is InChI=1S/C19H19N3OS/c1-11-5-12(2)22-19-16(11)7-17(24-19)18(23)21-8-13-3-4-14-9-20-10-15(14)6-13/h3-7,20H,8-10H2,1-2H3,(H,21,23). The highest BCUT2D eigenvalue weighted by atomic mass is 32.1. The predicted molar refractivity (Wildman–Crippen MR) is 97.2 cm³/mol. The zero-order valence-corrected chi connectivity index (χ0v) is 14.6. The Hall–Kier alpha value is -2.24. The van der Waals surface area contributed by atoms with Gasteiger partial charge in [0.05, 0.1) is 4.88 Å². The van der Waals surface area contributed by atoms with Crippen LogP contribution in [-0.4, -0.2) is 10.9 Å². The Morgan fingerprint density at radius 1 is 1.21 bits per heavy atom. The molecule has 0 bridgehead atoms. The number of hydrogen-bond acceptors (Lipinski definition) is 4. The van der Waals surface area contributed by atoms with Crippen LogP contribution in [-0.2, 0) is 19.6 Å². The first kappa shape index (κ1) is 15.3. The fourth-order valence-electron chi connectivity index (χ4n) is 3.17. The molecular formula is C19H19N3OS. The predicted octanol–water partition coefficient (Wildman–Crippen LogP) is 3.45. The highest BCUT2D eigenvalue weighted by Crippen LogP contribution is 2.27. The van der Waals surface area contributed by atoms with Crippen LogP contribution in [0.3, 0.4) is 0 Å². The van der Waals surface area contributed by atoms with Crippen LogP contribution in [0.15, 0.2) is 30.3 Å². The second-order valence-corrected chi connectivity index (χ2v) is 7.33. The van der Waals surface area contributed by atoms with Gasteiger partial charge < -0.3 is 10.6 Å². The van der Waals surface area contributed by atoms with Crippen LogP contribution in [0.25, 0.3) is 10.2 Å². The van der Waals surface area contributed by atoms with E-state index >= 15 is 0 Å². The number of aryl methyl sites for hydroxylation is 2. The van der Waals surface area contributed by atoms with E-state index in [1.807, 2.05) is 13.0 Å². The maximum absolute atomic E-state index is 12.5. The largest absolute Gasteiger partial charge is 0.347 e. The maximum atomic E-state index is 12.5. The summed E-state index contributed by atoms with van der Waals surface area (Å²) in [5.74, 6) is -0.0336. The van der Waals surface area contributed by atoms with E-state index in [2.05, 4.69) is 46.8 Å². The topological polar surface area (TPSA) is 54.0 Å². The van der Waals surface area contributed by atoms with Gasteiger partial charge in [-0.05, 0) is 48.2 Å². The van der Waals surface area contributed by atoms with E-state index in [1.165, 1.54) is 28.0 Å². The lowest BCUT2D eigenvalue weighted by Crippen LogP contribution is -2.21. The van der Waals surface area contributed by atoms with Gasteiger partial charge in [0.25, 0.3) is 5.91 Å².